The minimum Gasteiger partial charge on any atom is -0.312 e. The first kappa shape index (κ1) is 9.18. The summed E-state index contributed by atoms with van der Waals surface area (Å²) in [7, 11) is 0. The van der Waals surface area contributed by atoms with Crippen molar-refractivity contribution < 1.29 is 0 Å². The lowest BCUT2D eigenvalue weighted by atomic mass is 10.3. The third-order valence-corrected chi connectivity index (χ3v) is 1.30. The molecule has 54 valence electrons. The number of unbranched alkanes of at least 4 members (excludes halogenated alkanes) is 1. The van der Waals surface area contributed by atoms with Crippen molar-refractivity contribution in [3.8, 4) is 0 Å². The second-order valence-corrected chi connectivity index (χ2v) is 3.17. The fourth-order valence-electron chi connectivity index (χ4n) is 0.526. The molecule has 0 aliphatic rings. The Morgan fingerprint density at radius 3 is 2.78 bits per heavy atom. The van der Waals surface area contributed by atoms with Crippen LogP contribution in [0, 0.1) is 0 Å². The van der Waals surface area contributed by atoms with Gasteiger partial charge in [0.15, 0.2) is 0 Å². The van der Waals surface area contributed by atoms with E-state index in [0.717, 1.165) is 17.6 Å². The molecule has 0 atom stereocenters. The Morgan fingerprint density at radius 1 is 1.67 bits per heavy atom. The van der Waals surface area contributed by atoms with Gasteiger partial charge in [0.25, 0.3) is 0 Å². The first-order valence-electron chi connectivity index (χ1n) is 3.31. The van der Waals surface area contributed by atoms with E-state index >= 15 is 0 Å². The maximum absolute atomic E-state index is 3.71. The zero-order valence-electron chi connectivity index (χ0n) is 5.91. The number of halogens is 1. The van der Waals surface area contributed by atoms with Crippen LogP contribution in [0.4, 0.5) is 0 Å². The Bertz CT molecular complexity index is 81.0. The van der Waals surface area contributed by atoms with Crippen molar-refractivity contribution in [2.45, 2.75) is 19.8 Å². The van der Waals surface area contributed by atoms with Crippen molar-refractivity contribution in [2.24, 2.45) is 0 Å². The average Bonchev–Trinajstić information content (AvgIpc) is 1.80. The van der Waals surface area contributed by atoms with Crippen LogP contribution in [0.2, 0.25) is 0 Å². The van der Waals surface area contributed by atoms with Crippen molar-refractivity contribution in [2.75, 3.05) is 13.1 Å². The highest BCUT2D eigenvalue weighted by Crippen LogP contribution is 1.96. The number of nitrogens with one attached hydrogen (secondary N) is 1. The van der Waals surface area contributed by atoms with E-state index in [-0.39, 0.29) is 0 Å². The summed E-state index contributed by atoms with van der Waals surface area (Å²) in [5.74, 6) is 0. The van der Waals surface area contributed by atoms with Gasteiger partial charge in [0.05, 0.1) is 0 Å². The van der Waals surface area contributed by atoms with E-state index in [4.69, 9.17) is 0 Å². The number of rotatable bonds is 5. The van der Waals surface area contributed by atoms with Gasteiger partial charge in [0.2, 0.25) is 0 Å². The van der Waals surface area contributed by atoms with Gasteiger partial charge in [-0.15, -0.1) is 0 Å². The average molecular weight is 192 g/mol. The molecule has 0 aromatic heterocycles. The van der Waals surface area contributed by atoms with Crippen LogP contribution in [-0.2, 0) is 0 Å². The van der Waals surface area contributed by atoms with E-state index in [1.807, 2.05) is 0 Å². The summed E-state index contributed by atoms with van der Waals surface area (Å²) in [5.41, 5.74) is 0. The lowest BCUT2D eigenvalue weighted by Gasteiger charge is -1.99. The molecule has 0 spiro atoms. The Labute approximate surface area is 65.7 Å². The van der Waals surface area contributed by atoms with Gasteiger partial charge in [-0.1, -0.05) is 35.9 Å². The van der Waals surface area contributed by atoms with Crippen molar-refractivity contribution in [1.82, 2.24) is 5.32 Å². The third kappa shape index (κ3) is 8.18. The molecular weight excluding hydrogens is 178 g/mol. The van der Waals surface area contributed by atoms with Crippen molar-refractivity contribution in [3.63, 3.8) is 0 Å². The van der Waals surface area contributed by atoms with E-state index in [2.05, 4.69) is 34.7 Å². The smallest absolute Gasteiger partial charge is 0.0265 e. The van der Waals surface area contributed by atoms with Gasteiger partial charge in [-0.3, -0.25) is 0 Å². The van der Waals surface area contributed by atoms with Crippen LogP contribution in [0.5, 0.6) is 0 Å². The van der Waals surface area contributed by atoms with E-state index in [1.54, 1.807) is 0 Å². The lowest BCUT2D eigenvalue weighted by molar-refractivity contribution is 0.680. The molecule has 0 amide bonds. The summed E-state index contributed by atoms with van der Waals surface area (Å²) >= 11 is 3.27. The van der Waals surface area contributed by atoms with E-state index in [0.29, 0.717) is 0 Å². The first-order chi connectivity index (χ1) is 4.27. The molecule has 0 aromatic carbocycles. The second kappa shape index (κ2) is 6.30. The highest BCUT2D eigenvalue weighted by Gasteiger charge is 1.85. The van der Waals surface area contributed by atoms with E-state index in [1.165, 1.54) is 12.8 Å². The molecule has 0 unspecified atom stereocenters. The number of hydrogen-bond acceptors (Lipinski definition) is 1. The third-order valence-electron chi connectivity index (χ3n) is 1.02. The van der Waals surface area contributed by atoms with Gasteiger partial charge in [-0.05, 0) is 13.0 Å². The van der Waals surface area contributed by atoms with Crippen LogP contribution in [-0.4, -0.2) is 13.1 Å². The normalized spacial score (nSPS) is 9.56. The topological polar surface area (TPSA) is 12.0 Å². The molecule has 0 aliphatic carbocycles. The highest BCUT2D eigenvalue weighted by molar-refractivity contribution is 9.11. The molecule has 2 heteroatoms. The monoisotopic (exact) mass is 191 g/mol. The molecule has 0 radical (unpaired) electrons. The lowest BCUT2D eigenvalue weighted by Crippen LogP contribution is -2.15. The molecular formula is C7H14BrN. The zero-order valence-corrected chi connectivity index (χ0v) is 7.50. The largest absolute Gasteiger partial charge is 0.312 e. The van der Waals surface area contributed by atoms with Crippen molar-refractivity contribution in [1.29, 1.82) is 0 Å². The predicted molar refractivity (Wildman–Crippen MR) is 45.8 cm³/mol. The Morgan fingerprint density at radius 2 is 2.33 bits per heavy atom. The van der Waals surface area contributed by atoms with Gasteiger partial charge in [-0.25, -0.2) is 0 Å². The summed E-state index contributed by atoms with van der Waals surface area (Å²) in [5, 5.41) is 3.24. The molecule has 1 nitrogen and oxygen atoms in total. The maximum Gasteiger partial charge on any atom is 0.0265 e. The standard InChI is InChI=1S/C7H14BrN/c1-3-4-5-9-6-7(2)8/h9H,2-6H2,1H3. The zero-order chi connectivity index (χ0) is 7.11. The molecule has 0 aliphatic heterocycles. The van der Waals surface area contributed by atoms with Crippen LogP contribution < -0.4 is 5.32 Å². The fourth-order valence-corrected chi connectivity index (χ4v) is 0.724. The van der Waals surface area contributed by atoms with Gasteiger partial charge in [0.1, 0.15) is 0 Å². The predicted octanol–water partition coefficient (Wildman–Crippen LogP) is 2.28. The number of hydrogen-bond donors (Lipinski definition) is 1. The van der Waals surface area contributed by atoms with Crippen LogP contribution in [0.25, 0.3) is 0 Å². The van der Waals surface area contributed by atoms with Crippen LogP contribution in [0.1, 0.15) is 19.8 Å². The molecule has 1 N–H and O–H groups in total. The Kier molecular flexibility index (Phi) is 6.43. The second-order valence-electron chi connectivity index (χ2n) is 2.05. The van der Waals surface area contributed by atoms with Gasteiger partial charge in [0, 0.05) is 11.0 Å². The fraction of sp³-hybridized carbons (Fsp3) is 0.714. The molecule has 0 bridgehead atoms. The summed E-state index contributed by atoms with van der Waals surface area (Å²) in [6.45, 7) is 7.88. The molecule has 0 aromatic rings. The highest BCUT2D eigenvalue weighted by atomic mass is 79.9. The van der Waals surface area contributed by atoms with Gasteiger partial charge in [-0.2, -0.15) is 0 Å². The van der Waals surface area contributed by atoms with Crippen molar-refractivity contribution >= 4 is 15.9 Å². The summed E-state index contributed by atoms with van der Waals surface area (Å²) in [6.07, 6.45) is 2.50. The van der Waals surface area contributed by atoms with Crippen LogP contribution in [0.3, 0.4) is 0 Å². The van der Waals surface area contributed by atoms with Gasteiger partial charge >= 0.3 is 0 Å². The summed E-state index contributed by atoms with van der Waals surface area (Å²) < 4.78 is 1.03. The molecule has 0 heterocycles. The first-order valence-corrected chi connectivity index (χ1v) is 4.10. The minimum atomic E-state index is 0.889. The molecule has 9 heavy (non-hydrogen) atoms. The molecule has 0 fully saturated rings. The minimum absolute atomic E-state index is 0.889. The SMILES string of the molecule is C=C(Br)CNCCCC. The molecule has 0 saturated heterocycles. The summed E-state index contributed by atoms with van der Waals surface area (Å²) in [6, 6.07) is 0. The molecule has 0 rings (SSSR count). The maximum atomic E-state index is 3.71. The quantitative estimate of drug-likeness (QED) is 0.659. The van der Waals surface area contributed by atoms with E-state index < -0.39 is 0 Å². The molecule has 0 saturated carbocycles. The van der Waals surface area contributed by atoms with E-state index in [9.17, 15) is 0 Å². The Hall–Kier alpha value is 0.180. The van der Waals surface area contributed by atoms with Crippen molar-refractivity contribution in [3.05, 3.63) is 11.1 Å². The van der Waals surface area contributed by atoms with Crippen LogP contribution >= 0.6 is 15.9 Å². The summed E-state index contributed by atoms with van der Waals surface area (Å²) in [4.78, 5) is 0. The van der Waals surface area contributed by atoms with Crippen LogP contribution in [0.15, 0.2) is 11.1 Å². The van der Waals surface area contributed by atoms with Gasteiger partial charge < -0.3 is 5.32 Å². The Balaban J connectivity index is 2.83.